The molecule has 13 heavy (non-hydrogen) atoms. The van der Waals surface area contributed by atoms with E-state index < -0.39 is 10.0 Å². The molecule has 0 unspecified atom stereocenters. The van der Waals surface area contributed by atoms with Crippen molar-refractivity contribution in [2.24, 2.45) is 7.05 Å². The molecule has 0 aliphatic heterocycles. The molecule has 0 radical (unpaired) electrons. The number of thiol groups is 1. The summed E-state index contributed by atoms with van der Waals surface area (Å²) >= 11 is 3.49. The van der Waals surface area contributed by atoms with Gasteiger partial charge >= 0.3 is 5.69 Å². The second kappa shape index (κ2) is 3.17. The molecule has 0 saturated carbocycles. The summed E-state index contributed by atoms with van der Waals surface area (Å²) in [6, 6.07) is 0. The fourth-order valence-electron chi connectivity index (χ4n) is 0.960. The van der Waals surface area contributed by atoms with Gasteiger partial charge in [0.05, 0.1) is 4.92 Å². The van der Waals surface area contributed by atoms with Crippen LogP contribution in [0.25, 0.3) is 0 Å². The minimum atomic E-state index is -0.699. The van der Waals surface area contributed by atoms with E-state index in [4.69, 9.17) is 0 Å². The number of hydrogen-bond acceptors (Lipinski definition) is 4. The van der Waals surface area contributed by atoms with Crippen LogP contribution in [0.15, 0.2) is 0 Å². The van der Waals surface area contributed by atoms with E-state index in [2.05, 4.69) is 17.7 Å². The molecule has 0 aromatic carbocycles. The Morgan fingerprint density at radius 1 is 1.69 bits per heavy atom. The molecule has 0 saturated heterocycles. The number of hydrogen-bond donors (Lipinski definition) is 1. The molecule has 7 heteroatoms. The Hall–Kier alpha value is -1.37. The molecule has 1 heterocycles. The first-order valence-electron chi connectivity index (χ1n) is 3.36. The fourth-order valence-corrected chi connectivity index (χ4v) is 1.11. The number of aryl methyl sites for hydroxylation is 1. The molecule has 0 aliphatic rings. The second-order valence-corrected chi connectivity index (χ2v) is 2.87. The molecule has 0 N–H and O–H groups in total. The molecule has 1 aromatic rings. The second-order valence-electron chi connectivity index (χ2n) is 2.47. The summed E-state index contributed by atoms with van der Waals surface area (Å²) in [4.78, 5) is 20.7. The standard InChI is InChI=1S/C6H7N3O3S/c1-3-5(9(11)12)4(6(10)13)7-8(3)2/h1-2H3,(H,10,13). The van der Waals surface area contributed by atoms with Crippen LogP contribution in [0.4, 0.5) is 5.69 Å². The molecule has 0 spiro atoms. The SMILES string of the molecule is Cc1c([N+](=O)[O-])c(C(=O)S)nn1C. The third-order valence-electron chi connectivity index (χ3n) is 1.69. The number of aromatic nitrogens is 2. The lowest BCUT2D eigenvalue weighted by Crippen LogP contribution is -1.97. The van der Waals surface area contributed by atoms with E-state index in [0.29, 0.717) is 5.69 Å². The van der Waals surface area contributed by atoms with E-state index >= 15 is 0 Å². The number of carbonyl (C=O) groups is 1. The van der Waals surface area contributed by atoms with Crippen LogP contribution in [-0.4, -0.2) is 19.8 Å². The smallest absolute Gasteiger partial charge is 0.280 e. The first kappa shape index (κ1) is 9.72. The summed E-state index contributed by atoms with van der Waals surface area (Å²) in [5.41, 5.74) is -0.154. The van der Waals surface area contributed by atoms with Crippen LogP contribution in [-0.2, 0) is 7.05 Å². The van der Waals surface area contributed by atoms with E-state index in [9.17, 15) is 14.9 Å². The van der Waals surface area contributed by atoms with Gasteiger partial charge < -0.3 is 0 Å². The predicted octanol–water partition coefficient (Wildman–Crippen LogP) is 0.707. The zero-order chi connectivity index (χ0) is 10.2. The number of nitrogens with zero attached hydrogens (tertiary/aromatic N) is 3. The molecule has 70 valence electrons. The van der Waals surface area contributed by atoms with Gasteiger partial charge in [-0.05, 0) is 6.92 Å². The summed E-state index contributed by atoms with van der Waals surface area (Å²) in [6.45, 7) is 1.52. The number of rotatable bonds is 2. The largest absolute Gasteiger partial charge is 0.321 e. The van der Waals surface area contributed by atoms with Gasteiger partial charge in [0.15, 0.2) is 0 Å². The number of nitro groups is 1. The average molecular weight is 201 g/mol. The highest BCUT2D eigenvalue weighted by molar-refractivity contribution is 7.97. The molecule has 1 rings (SSSR count). The molecule has 0 atom stereocenters. The highest BCUT2D eigenvalue weighted by atomic mass is 32.1. The van der Waals surface area contributed by atoms with Crippen LogP contribution in [0.1, 0.15) is 16.2 Å². The first-order chi connectivity index (χ1) is 5.95. The van der Waals surface area contributed by atoms with Gasteiger partial charge in [0.2, 0.25) is 10.8 Å². The van der Waals surface area contributed by atoms with Crippen LogP contribution >= 0.6 is 12.6 Å². The van der Waals surface area contributed by atoms with Crippen molar-refractivity contribution < 1.29 is 9.72 Å². The van der Waals surface area contributed by atoms with Crippen LogP contribution in [0.2, 0.25) is 0 Å². The van der Waals surface area contributed by atoms with Gasteiger partial charge in [-0.15, -0.1) is 0 Å². The molecular formula is C6H7N3O3S. The van der Waals surface area contributed by atoms with E-state index in [1.165, 1.54) is 18.7 Å². The average Bonchev–Trinajstić information content (AvgIpc) is 2.28. The summed E-state index contributed by atoms with van der Waals surface area (Å²) in [6.07, 6.45) is 0. The van der Waals surface area contributed by atoms with Crippen molar-refractivity contribution in [3.05, 3.63) is 21.5 Å². The Morgan fingerprint density at radius 3 is 2.54 bits per heavy atom. The maximum atomic E-state index is 10.8. The van der Waals surface area contributed by atoms with Gasteiger partial charge in [-0.25, -0.2) is 0 Å². The van der Waals surface area contributed by atoms with Gasteiger partial charge in [-0.2, -0.15) is 5.10 Å². The normalized spacial score (nSPS) is 10.1. The number of carbonyl (C=O) groups excluding carboxylic acids is 1. The van der Waals surface area contributed by atoms with E-state index in [1.807, 2.05) is 0 Å². The lowest BCUT2D eigenvalue weighted by molar-refractivity contribution is -0.385. The quantitative estimate of drug-likeness (QED) is 0.434. The Bertz CT molecular complexity index is 385. The van der Waals surface area contributed by atoms with Crippen molar-refractivity contribution in [3.8, 4) is 0 Å². The Balaban J connectivity index is 3.44. The first-order valence-corrected chi connectivity index (χ1v) is 3.81. The maximum absolute atomic E-state index is 10.8. The highest BCUT2D eigenvalue weighted by Gasteiger charge is 2.26. The molecule has 0 bridgehead atoms. The van der Waals surface area contributed by atoms with Gasteiger partial charge in [0.1, 0.15) is 5.69 Å². The van der Waals surface area contributed by atoms with Gasteiger partial charge in [-0.3, -0.25) is 19.6 Å². The van der Waals surface area contributed by atoms with Gasteiger partial charge in [-0.1, -0.05) is 12.6 Å². The third kappa shape index (κ3) is 1.55. The van der Waals surface area contributed by atoms with Crippen molar-refractivity contribution >= 4 is 23.4 Å². The lowest BCUT2D eigenvalue weighted by atomic mass is 10.3. The van der Waals surface area contributed by atoms with Crippen LogP contribution < -0.4 is 0 Å². The summed E-state index contributed by atoms with van der Waals surface area (Å²) in [5, 5.41) is 13.5. The maximum Gasteiger partial charge on any atom is 0.321 e. The van der Waals surface area contributed by atoms with Crippen molar-refractivity contribution in [2.75, 3.05) is 0 Å². The van der Waals surface area contributed by atoms with Gasteiger partial charge in [0.25, 0.3) is 0 Å². The summed E-state index contributed by atoms with van der Waals surface area (Å²) in [7, 11) is 1.53. The van der Waals surface area contributed by atoms with E-state index in [1.54, 1.807) is 0 Å². The van der Waals surface area contributed by atoms with E-state index in [0.717, 1.165) is 0 Å². The summed E-state index contributed by atoms with van der Waals surface area (Å²) in [5.74, 6) is 0. The Morgan fingerprint density at radius 2 is 2.23 bits per heavy atom. The van der Waals surface area contributed by atoms with Crippen molar-refractivity contribution in [3.63, 3.8) is 0 Å². The summed E-state index contributed by atoms with van der Waals surface area (Å²) < 4.78 is 1.28. The van der Waals surface area contributed by atoms with Crippen molar-refractivity contribution in [2.45, 2.75) is 6.92 Å². The lowest BCUT2D eigenvalue weighted by Gasteiger charge is -1.90. The van der Waals surface area contributed by atoms with Gasteiger partial charge in [0, 0.05) is 7.05 Å². The zero-order valence-electron chi connectivity index (χ0n) is 7.01. The highest BCUT2D eigenvalue weighted by Crippen LogP contribution is 2.22. The Kier molecular flexibility index (Phi) is 2.37. The van der Waals surface area contributed by atoms with Crippen LogP contribution in [0, 0.1) is 17.0 Å². The molecule has 6 nitrogen and oxygen atoms in total. The van der Waals surface area contributed by atoms with Crippen LogP contribution in [0.5, 0.6) is 0 Å². The van der Waals surface area contributed by atoms with Crippen molar-refractivity contribution in [1.29, 1.82) is 0 Å². The molecule has 0 amide bonds. The van der Waals surface area contributed by atoms with Crippen molar-refractivity contribution in [1.82, 2.24) is 9.78 Å². The topological polar surface area (TPSA) is 78.0 Å². The minimum Gasteiger partial charge on any atom is -0.280 e. The zero-order valence-corrected chi connectivity index (χ0v) is 7.91. The predicted molar refractivity (Wildman–Crippen MR) is 47.9 cm³/mol. The molecule has 1 aromatic heterocycles. The molecular weight excluding hydrogens is 194 g/mol. The molecule has 0 aliphatic carbocycles. The monoisotopic (exact) mass is 201 g/mol. The van der Waals surface area contributed by atoms with E-state index in [-0.39, 0.29) is 11.4 Å². The Labute approximate surface area is 79.1 Å². The third-order valence-corrected chi connectivity index (χ3v) is 1.90. The fraction of sp³-hybridized carbons (Fsp3) is 0.333. The van der Waals surface area contributed by atoms with Crippen LogP contribution in [0.3, 0.4) is 0 Å². The molecule has 0 fully saturated rings. The minimum absolute atomic E-state index is 0.215.